The molecule has 0 aliphatic rings. The Kier molecular flexibility index (Phi) is 4.50. The summed E-state index contributed by atoms with van der Waals surface area (Å²) < 4.78 is 26.5. The van der Waals surface area contributed by atoms with E-state index in [1.807, 2.05) is 24.3 Å². The molecule has 0 unspecified atom stereocenters. The van der Waals surface area contributed by atoms with Gasteiger partial charge in [0.2, 0.25) is 0 Å². The number of anilines is 1. The Morgan fingerprint density at radius 1 is 1.16 bits per heavy atom. The zero-order valence-electron chi connectivity index (χ0n) is 10.4. The van der Waals surface area contributed by atoms with Gasteiger partial charge in [0.1, 0.15) is 4.21 Å². The smallest absolute Gasteiger partial charge is 0.269 e. The fraction of sp³-hybridized carbons (Fsp3) is 0.231. The van der Waals surface area contributed by atoms with Gasteiger partial charge in [0.25, 0.3) is 10.0 Å². The van der Waals surface area contributed by atoms with Crippen LogP contribution in [0.2, 0.25) is 0 Å². The highest BCUT2D eigenvalue weighted by Crippen LogP contribution is 2.27. The fourth-order valence-corrected chi connectivity index (χ4v) is 4.67. The van der Waals surface area contributed by atoms with Crippen molar-refractivity contribution in [3.05, 3.63) is 47.3 Å². The van der Waals surface area contributed by atoms with Crippen molar-refractivity contribution in [1.82, 2.24) is 0 Å². The molecule has 0 saturated carbocycles. The number of rotatable bonds is 5. The first-order valence-electron chi connectivity index (χ1n) is 5.74. The number of hydrogen-bond acceptors (Lipinski definition) is 3. The third kappa shape index (κ3) is 3.11. The molecule has 0 atom stereocenters. The second-order valence-corrected chi connectivity index (χ2v) is 7.71. The van der Waals surface area contributed by atoms with Gasteiger partial charge in [0.15, 0.2) is 0 Å². The maximum Gasteiger partial charge on any atom is 0.273 e. The van der Waals surface area contributed by atoms with Crippen LogP contribution in [0.5, 0.6) is 0 Å². The third-order valence-corrected chi connectivity index (χ3v) is 6.30. The predicted molar refractivity (Wildman–Crippen MR) is 80.8 cm³/mol. The van der Waals surface area contributed by atoms with Gasteiger partial charge in [-0.25, -0.2) is 8.42 Å². The highest BCUT2D eigenvalue weighted by molar-refractivity contribution is 7.94. The molecule has 2 rings (SSSR count). The Labute approximate surface area is 122 Å². The van der Waals surface area contributed by atoms with Gasteiger partial charge in [-0.2, -0.15) is 0 Å². The summed E-state index contributed by atoms with van der Waals surface area (Å²) in [6.07, 6.45) is 0.691. The SMILES string of the molecule is CN(c1ccccc1)S(=O)(=O)c1ccc(CCCl)s1. The van der Waals surface area contributed by atoms with Crippen LogP contribution in [0.25, 0.3) is 0 Å². The lowest BCUT2D eigenvalue weighted by Gasteiger charge is -2.18. The zero-order valence-corrected chi connectivity index (χ0v) is 12.8. The van der Waals surface area contributed by atoms with Crippen LogP contribution < -0.4 is 4.31 Å². The summed E-state index contributed by atoms with van der Waals surface area (Å²) in [7, 11) is -1.92. The van der Waals surface area contributed by atoms with E-state index in [0.29, 0.717) is 22.2 Å². The molecule has 102 valence electrons. The van der Waals surface area contributed by atoms with Crippen molar-refractivity contribution >= 4 is 38.6 Å². The molecular formula is C13H14ClNO2S2. The Balaban J connectivity index is 2.31. The number of thiophene rings is 1. The second-order valence-electron chi connectivity index (χ2n) is 3.97. The number of para-hydroxylation sites is 1. The highest BCUT2D eigenvalue weighted by Gasteiger charge is 2.22. The van der Waals surface area contributed by atoms with E-state index in [0.717, 1.165) is 4.88 Å². The largest absolute Gasteiger partial charge is 0.273 e. The van der Waals surface area contributed by atoms with E-state index in [9.17, 15) is 8.42 Å². The summed E-state index contributed by atoms with van der Waals surface area (Å²) in [6, 6.07) is 12.5. The van der Waals surface area contributed by atoms with Crippen LogP contribution in [0.3, 0.4) is 0 Å². The van der Waals surface area contributed by atoms with Crippen LogP contribution in [0.1, 0.15) is 4.88 Å². The van der Waals surface area contributed by atoms with E-state index in [4.69, 9.17) is 11.6 Å². The minimum absolute atomic E-state index is 0.346. The Hall–Kier alpha value is -1.04. The second kappa shape index (κ2) is 5.94. The first-order valence-corrected chi connectivity index (χ1v) is 8.53. The Morgan fingerprint density at radius 2 is 1.84 bits per heavy atom. The average molecular weight is 316 g/mol. The summed E-state index contributed by atoms with van der Waals surface area (Å²) >= 11 is 6.94. The van der Waals surface area contributed by atoms with Gasteiger partial charge in [-0.1, -0.05) is 18.2 Å². The number of aryl methyl sites for hydroxylation is 1. The molecule has 19 heavy (non-hydrogen) atoms. The van der Waals surface area contributed by atoms with Gasteiger partial charge in [-0.3, -0.25) is 4.31 Å². The van der Waals surface area contributed by atoms with Crippen LogP contribution in [0, 0.1) is 0 Å². The third-order valence-electron chi connectivity index (χ3n) is 2.71. The van der Waals surface area contributed by atoms with Crippen LogP contribution >= 0.6 is 22.9 Å². The van der Waals surface area contributed by atoms with E-state index in [2.05, 4.69) is 0 Å². The molecule has 0 radical (unpaired) electrons. The van der Waals surface area contributed by atoms with Crippen molar-refractivity contribution in [2.24, 2.45) is 0 Å². The number of nitrogens with zero attached hydrogens (tertiary/aromatic N) is 1. The molecule has 0 aliphatic carbocycles. The molecule has 0 bridgehead atoms. The van der Waals surface area contributed by atoms with E-state index in [1.165, 1.54) is 15.6 Å². The predicted octanol–water partition coefficient (Wildman–Crippen LogP) is 3.35. The van der Waals surface area contributed by atoms with E-state index in [-0.39, 0.29) is 0 Å². The minimum atomic E-state index is -3.48. The van der Waals surface area contributed by atoms with Crippen molar-refractivity contribution in [2.45, 2.75) is 10.6 Å². The molecule has 1 aromatic heterocycles. The van der Waals surface area contributed by atoms with Crippen molar-refractivity contribution in [3.63, 3.8) is 0 Å². The van der Waals surface area contributed by atoms with Crippen molar-refractivity contribution in [3.8, 4) is 0 Å². The summed E-state index contributed by atoms with van der Waals surface area (Å²) in [5.41, 5.74) is 0.648. The van der Waals surface area contributed by atoms with Gasteiger partial charge < -0.3 is 0 Å². The monoisotopic (exact) mass is 315 g/mol. The van der Waals surface area contributed by atoms with E-state index < -0.39 is 10.0 Å². The first kappa shape index (κ1) is 14.4. The van der Waals surface area contributed by atoms with Gasteiger partial charge in [-0.05, 0) is 30.7 Å². The van der Waals surface area contributed by atoms with E-state index >= 15 is 0 Å². The normalized spacial score (nSPS) is 11.5. The zero-order chi connectivity index (χ0) is 13.9. The number of hydrogen-bond donors (Lipinski definition) is 0. The average Bonchev–Trinajstić information content (AvgIpc) is 2.89. The van der Waals surface area contributed by atoms with Gasteiger partial charge in [-0.15, -0.1) is 22.9 Å². The fourth-order valence-electron chi connectivity index (χ4n) is 1.64. The lowest BCUT2D eigenvalue weighted by Crippen LogP contribution is -2.25. The van der Waals surface area contributed by atoms with Crippen LogP contribution in [0.15, 0.2) is 46.7 Å². The molecule has 0 saturated heterocycles. The molecule has 0 amide bonds. The maximum absolute atomic E-state index is 12.5. The molecule has 3 nitrogen and oxygen atoms in total. The lowest BCUT2D eigenvalue weighted by molar-refractivity contribution is 0.596. The Morgan fingerprint density at radius 3 is 2.47 bits per heavy atom. The van der Waals surface area contributed by atoms with Crippen LogP contribution in [-0.4, -0.2) is 21.3 Å². The molecule has 0 fully saturated rings. The quantitative estimate of drug-likeness (QED) is 0.793. The summed E-state index contributed by atoms with van der Waals surface area (Å²) in [4.78, 5) is 0.982. The number of benzene rings is 1. The molecule has 1 aromatic carbocycles. The first-order chi connectivity index (χ1) is 9.05. The standard InChI is InChI=1S/C13H14ClNO2S2/c1-15(11-5-3-2-4-6-11)19(16,17)13-8-7-12(18-13)9-10-14/h2-8H,9-10H2,1H3. The van der Waals surface area contributed by atoms with Crippen molar-refractivity contribution < 1.29 is 8.42 Å². The Bertz CT molecular complexity index is 638. The molecular weight excluding hydrogens is 302 g/mol. The molecule has 0 aliphatic heterocycles. The lowest BCUT2D eigenvalue weighted by atomic mass is 10.3. The molecule has 0 N–H and O–H groups in total. The molecule has 6 heteroatoms. The van der Waals surface area contributed by atoms with E-state index in [1.54, 1.807) is 25.2 Å². The minimum Gasteiger partial charge on any atom is -0.269 e. The highest BCUT2D eigenvalue weighted by atomic mass is 35.5. The number of alkyl halides is 1. The topological polar surface area (TPSA) is 37.4 Å². The number of sulfonamides is 1. The molecule has 0 spiro atoms. The van der Waals surface area contributed by atoms with Crippen molar-refractivity contribution in [1.29, 1.82) is 0 Å². The van der Waals surface area contributed by atoms with Gasteiger partial charge >= 0.3 is 0 Å². The number of halogens is 1. The molecule has 1 heterocycles. The van der Waals surface area contributed by atoms with Gasteiger partial charge in [0.05, 0.1) is 5.69 Å². The summed E-state index contributed by atoms with van der Waals surface area (Å²) in [5, 5.41) is 0. The van der Waals surface area contributed by atoms with Crippen LogP contribution in [0.4, 0.5) is 5.69 Å². The summed E-state index contributed by atoms with van der Waals surface area (Å²) in [5.74, 6) is 0.495. The maximum atomic E-state index is 12.5. The molecule has 2 aromatic rings. The van der Waals surface area contributed by atoms with Gasteiger partial charge in [0, 0.05) is 17.8 Å². The van der Waals surface area contributed by atoms with Crippen LogP contribution in [-0.2, 0) is 16.4 Å². The summed E-state index contributed by atoms with van der Waals surface area (Å²) in [6.45, 7) is 0. The van der Waals surface area contributed by atoms with Crippen molar-refractivity contribution in [2.75, 3.05) is 17.2 Å².